The van der Waals surface area contributed by atoms with Gasteiger partial charge in [-0.1, -0.05) is 19.9 Å². The number of fused-ring (bicyclic) bond motifs is 1. The van der Waals surface area contributed by atoms with E-state index in [1.807, 2.05) is 25.1 Å². The van der Waals surface area contributed by atoms with Gasteiger partial charge in [0.25, 0.3) is 5.91 Å². The van der Waals surface area contributed by atoms with Crippen molar-refractivity contribution in [2.45, 2.75) is 45.8 Å². The van der Waals surface area contributed by atoms with Gasteiger partial charge in [-0.3, -0.25) is 9.59 Å². The monoisotopic (exact) mass is 443 g/mol. The predicted molar refractivity (Wildman–Crippen MR) is 118 cm³/mol. The SMILES string of the molecule is CCOc1ccc(C2C3=C(OC4CC(C)C(C)CC4C3=O)C(=O)N2CCOC)cc1OC. The van der Waals surface area contributed by atoms with Crippen molar-refractivity contribution in [1.29, 1.82) is 0 Å². The molecule has 0 saturated heterocycles. The number of carbonyl (C=O) groups excluding carboxylic acids is 2. The van der Waals surface area contributed by atoms with Gasteiger partial charge in [-0.05, 0) is 49.3 Å². The number of methoxy groups -OCH3 is 2. The highest BCUT2D eigenvalue weighted by atomic mass is 16.5. The van der Waals surface area contributed by atoms with E-state index < -0.39 is 6.04 Å². The maximum Gasteiger partial charge on any atom is 0.290 e. The predicted octanol–water partition coefficient (Wildman–Crippen LogP) is 3.53. The normalized spacial score (nSPS) is 29.5. The Kier molecular flexibility index (Phi) is 6.47. The maximum atomic E-state index is 13.8. The van der Waals surface area contributed by atoms with Gasteiger partial charge >= 0.3 is 0 Å². The van der Waals surface area contributed by atoms with E-state index in [1.165, 1.54) is 0 Å². The molecule has 1 amide bonds. The molecule has 7 nitrogen and oxygen atoms in total. The van der Waals surface area contributed by atoms with E-state index in [0.717, 1.165) is 18.4 Å². The number of Topliss-reactive ketones (excluding diaryl/α,β-unsaturated/α-hetero) is 1. The highest BCUT2D eigenvalue weighted by molar-refractivity contribution is 6.11. The fraction of sp³-hybridized carbons (Fsp3) is 0.600. The van der Waals surface area contributed by atoms with Crippen LogP contribution in [0.25, 0.3) is 0 Å². The minimum absolute atomic E-state index is 0.0427. The number of nitrogens with zero attached hydrogens (tertiary/aromatic N) is 1. The summed E-state index contributed by atoms with van der Waals surface area (Å²) in [5.41, 5.74) is 1.27. The molecule has 2 aliphatic heterocycles. The Morgan fingerprint density at radius 3 is 2.53 bits per heavy atom. The van der Waals surface area contributed by atoms with Crippen LogP contribution >= 0.6 is 0 Å². The second-order valence-electron chi connectivity index (χ2n) is 9.03. The Morgan fingerprint density at radius 1 is 1.09 bits per heavy atom. The van der Waals surface area contributed by atoms with E-state index in [0.29, 0.717) is 48.7 Å². The van der Waals surface area contributed by atoms with Crippen LogP contribution < -0.4 is 9.47 Å². The smallest absolute Gasteiger partial charge is 0.290 e. The van der Waals surface area contributed by atoms with Crippen molar-refractivity contribution in [3.05, 3.63) is 35.1 Å². The summed E-state index contributed by atoms with van der Waals surface area (Å²) in [5, 5.41) is 0. The average molecular weight is 444 g/mol. The first-order valence-corrected chi connectivity index (χ1v) is 11.5. The van der Waals surface area contributed by atoms with E-state index in [2.05, 4.69) is 13.8 Å². The van der Waals surface area contributed by atoms with Crippen LogP contribution in [0, 0.1) is 17.8 Å². The molecule has 0 radical (unpaired) electrons. The van der Waals surface area contributed by atoms with Gasteiger partial charge in [0, 0.05) is 13.7 Å². The summed E-state index contributed by atoms with van der Waals surface area (Å²) in [6, 6.07) is 5.05. The molecule has 0 bridgehead atoms. The van der Waals surface area contributed by atoms with Gasteiger partial charge < -0.3 is 23.8 Å². The summed E-state index contributed by atoms with van der Waals surface area (Å²) < 4.78 is 22.7. The molecule has 7 heteroatoms. The molecule has 1 aromatic rings. The van der Waals surface area contributed by atoms with Crippen molar-refractivity contribution >= 4 is 11.7 Å². The number of rotatable bonds is 7. The molecule has 1 aliphatic carbocycles. The first kappa shape index (κ1) is 22.6. The van der Waals surface area contributed by atoms with Gasteiger partial charge in [0.05, 0.1) is 37.9 Å². The second-order valence-corrected chi connectivity index (χ2v) is 9.03. The standard InChI is InChI=1S/C25H33NO6/c1-6-31-18-8-7-16(13-20(18)30-5)22-21-23(27)17-11-14(2)15(3)12-19(17)32-24(21)25(28)26(22)9-10-29-4/h7-8,13-15,17,19,22H,6,9-12H2,1-5H3. The maximum absolute atomic E-state index is 13.8. The minimum Gasteiger partial charge on any atom is -0.493 e. The van der Waals surface area contributed by atoms with Crippen LogP contribution in [0.15, 0.2) is 29.5 Å². The number of amides is 1. The Hall–Kier alpha value is -2.54. The van der Waals surface area contributed by atoms with Crippen LogP contribution in [-0.4, -0.2) is 56.7 Å². The van der Waals surface area contributed by atoms with Crippen molar-refractivity contribution < 1.29 is 28.5 Å². The largest absolute Gasteiger partial charge is 0.493 e. The second kappa shape index (κ2) is 9.14. The van der Waals surface area contributed by atoms with Crippen LogP contribution in [0.2, 0.25) is 0 Å². The number of ether oxygens (including phenoxy) is 4. The zero-order valence-corrected chi connectivity index (χ0v) is 19.6. The lowest BCUT2D eigenvalue weighted by Gasteiger charge is -2.40. The third-order valence-corrected chi connectivity index (χ3v) is 7.15. The molecule has 5 atom stereocenters. The van der Waals surface area contributed by atoms with Crippen molar-refractivity contribution in [3.8, 4) is 11.5 Å². The molecule has 32 heavy (non-hydrogen) atoms. The molecule has 0 N–H and O–H groups in total. The van der Waals surface area contributed by atoms with Gasteiger partial charge in [0.15, 0.2) is 23.0 Å². The molecule has 1 aromatic carbocycles. The lowest BCUT2D eigenvalue weighted by molar-refractivity contribution is -0.137. The van der Waals surface area contributed by atoms with Crippen LogP contribution in [0.3, 0.4) is 0 Å². The summed E-state index contributed by atoms with van der Waals surface area (Å²) in [7, 11) is 3.18. The van der Waals surface area contributed by atoms with Crippen LogP contribution in [0.1, 0.15) is 45.2 Å². The Balaban J connectivity index is 1.77. The Bertz CT molecular complexity index is 925. The third-order valence-electron chi connectivity index (χ3n) is 7.15. The highest BCUT2D eigenvalue weighted by Crippen LogP contribution is 2.49. The fourth-order valence-corrected chi connectivity index (χ4v) is 5.20. The first-order chi connectivity index (χ1) is 15.4. The molecule has 5 unspecified atom stereocenters. The quantitative estimate of drug-likeness (QED) is 0.642. The van der Waals surface area contributed by atoms with Crippen LogP contribution in [-0.2, 0) is 19.1 Å². The number of benzene rings is 1. The topological polar surface area (TPSA) is 74.3 Å². The first-order valence-electron chi connectivity index (χ1n) is 11.5. The zero-order valence-electron chi connectivity index (χ0n) is 19.6. The van der Waals surface area contributed by atoms with Gasteiger partial charge in [-0.15, -0.1) is 0 Å². The van der Waals surface area contributed by atoms with Crippen LogP contribution in [0.4, 0.5) is 0 Å². The van der Waals surface area contributed by atoms with E-state index in [4.69, 9.17) is 18.9 Å². The molecular weight excluding hydrogens is 410 g/mol. The molecule has 0 aromatic heterocycles. The average Bonchev–Trinajstić information content (AvgIpc) is 3.06. The fourth-order valence-electron chi connectivity index (χ4n) is 5.20. The molecule has 1 saturated carbocycles. The van der Waals surface area contributed by atoms with E-state index in [9.17, 15) is 9.59 Å². The number of hydrogen-bond donors (Lipinski definition) is 0. The van der Waals surface area contributed by atoms with E-state index in [1.54, 1.807) is 19.1 Å². The third kappa shape index (κ3) is 3.76. The number of hydrogen-bond acceptors (Lipinski definition) is 6. The summed E-state index contributed by atoms with van der Waals surface area (Å²) in [6.07, 6.45) is 1.35. The summed E-state index contributed by atoms with van der Waals surface area (Å²) in [4.78, 5) is 28.8. The van der Waals surface area contributed by atoms with Crippen molar-refractivity contribution in [3.63, 3.8) is 0 Å². The Morgan fingerprint density at radius 2 is 1.84 bits per heavy atom. The molecule has 1 fully saturated rings. The molecule has 2 heterocycles. The minimum atomic E-state index is -0.527. The van der Waals surface area contributed by atoms with Gasteiger partial charge in [0.1, 0.15) is 6.10 Å². The molecule has 3 aliphatic rings. The van der Waals surface area contributed by atoms with E-state index in [-0.39, 0.29) is 29.5 Å². The highest BCUT2D eigenvalue weighted by Gasteiger charge is 2.53. The number of carbonyl (C=O) groups is 2. The molecule has 4 rings (SSSR count). The molecule has 0 spiro atoms. The van der Waals surface area contributed by atoms with E-state index >= 15 is 0 Å². The number of ketones is 1. The molecular formula is C25H33NO6. The summed E-state index contributed by atoms with van der Waals surface area (Å²) >= 11 is 0. The summed E-state index contributed by atoms with van der Waals surface area (Å²) in [5.74, 6) is 1.90. The lowest BCUT2D eigenvalue weighted by atomic mass is 9.70. The van der Waals surface area contributed by atoms with Crippen LogP contribution in [0.5, 0.6) is 11.5 Å². The lowest BCUT2D eigenvalue weighted by Crippen LogP contribution is -2.43. The van der Waals surface area contributed by atoms with Gasteiger partial charge in [-0.25, -0.2) is 0 Å². The van der Waals surface area contributed by atoms with Crippen molar-refractivity contribution in [2.24, 2.45) is 17.8 Å². The van der Waals surface area contributed by atoms with Gasteiger partial charge in [-0.2, -0.15) is 0 Å². The Labute approximate surface area is 189 Å². The van der Waals surface area contributed by atoms with Crippen molar-refractivity contribution in [2.75, 3.05) is 34.0 Å². The summed E-state index contributed by atoms with van der Waals surface area (Å²) in [6.45, 7) is 7.53. The molecule has 174 valence electrons. The zero-order chi connectivity index (χ0) is 23.0. The van der Waals surface area contributed by atoms with Gasteiger partial charge in [0.2, 0.25) is 0 Å². The van der Waals surface area contributed by atoms with Crippen molar-refractivity contribution in [1.82, 2.24) is 4.90 Å².